The third-order valence-corrected chi connectivity index (χ3v) is 5.21. The minimum atomic E-state index is -3.25. The van der Waals surface area contributed by atoms with Gasteiger partial charge in [0.15, 0.2) is 5.13 Å². The lowest BCUT2D eigenvalue weighted by Gasteiger charge is -2.14. The monoisotopic (exact) mass is 472 g/mol. The Labute approximate surface area is 173 Å². The lowest BCUT2D eigenvalue weighted by molar-refractivity contribution is -0.119. The molecule has 0 radical (unpaired) electrons. The number of thiazole rings is 1. The summed E-state index contributed by atoms with van der Waals surface area (Å²) in [4.78, 5) is 16.5. The van der Waals surface area contributed by atoms with Crippen LogP contribution in [0.25, 0.3) is 10.2 Å². The maximum absolute atomic E-state index is 13.3. The molecule has 1 unspecified atom stereocenters. The van der Waals surface area contributed by atoms with Crippen molar-refractivity contribution in [1.29, 1.82) is 0 Å². The van der Waals surface area contributed by atoms with Crippen LogP contribution in [0.1, 0.15) is 37.2 Å². The predicted octanol–water partition coefficient (Wildman–Crippen LogP) is 5.82. The highest BCUT2D eigenvalue weighted by molar-refractivity contribution is 7.22. The summed E-state index contributed by atoms with van der Waals surface area (Å²) in [5.41, 5.74) is -1.70. The zero-order valence-corrected chi connectivity index (χ0v) is 16.3. The summed E-state index contributed by atoms with van der Waals surface area (Å²) in [5, 5.41) is 4.84. The Hall–Kier alpha value is -2.54. The SMILES string of the molecule is CC(C(=O)Nc1nc2ccc(OC(F)F)cc2s1)n1nc(C(F)F)c(Cl)c1C(F)F. The molecule has 162 valence electrons. The normalized spacial score (nSPS) is 12.9. The van der Waals surface area contributed by atoms with Gasteiger partial charge in [-0.3, -0.25) is 4.79 Å². The summed E-state index contributed by atoms with van der Waals surface area (Å²) >= 11 is 6.49. The van der Waals surface area contributed by atoms with Gasteiger partial charge < -0.3 is 10.1 Å². The van der Waals surface area contributed by atoms with Gasteiger partial charge in [-0.05, 0) is 25.1 Å². The average molecular weight is 473 g/mol. The van der Waals surface area contributed by atoms with Crippen molar-refractivity contribution in [1.82, 2.24) is 14.8 Å². The summed E-state index contributed by atoms with van der Waals surface area (Å²) in [5.74, 6) is -0.986. The number of ether oxygens (including phenoxy) is 1. The molecule has 1 aromatic carbocycles. The van der Waals surface area contributed by atoms with Crippen molar-refractivity contribution in [3.63, 3.8) is 0 Å². The Morgan fingerprint density at radius 1 is 1.20 bits per heavy atom. The molecule has 0 fully saturated rings. The Bertz CT molecular complexity index is 1070. The molecule has 1 amide bonds. The second kappa shape index (κ2) is 8.68. The number of carbonyl (C=O) groups is 1. The number of nitrogens with one attached hydrogen (secondary N) is 1. The molecule has 2 aromatic heterocycles. The topological polar surface area (TPSA) is 69.0 Å². The summed E-state index contributed by atoms with van der Waals surface area (Å²) in [7, 11) is 0. The van der Waals surface area contributed by atoms with Crippen molar-refractivity contribution in [2.45, 2.75) is 32.4 Å². The third kappa shape index (κ3) is 4.46. The fourth-order valence-corrected chi connectivity index (χ4v) is 3.72. The first-order valence-electron chi connectivity index (χ1n) is 8.08. The quantitative estimate of drug-likeness (QED) is 0.440. The predicted molar refractivity (Wildman–Crippen MR) is 96.7 cm³/mol. The first-order chi connectivity index (χ1) is 14.1. The molecule has 3 aromatic rings. The van der Waals surface area contributed by atoms with E-state index in [1.165, 1.54) is 25.1 Å². The van der Waals surface area contributed by atoms with Crippen LogP contribution in [-0.4, -0.2) is 27.3 Å². The van der Waals surface area contributed by atoms with E-state index < -0.39 is 47.8 Å². The summed E-state index contributed by atoms with van der Waals surface area (Å²) in [6.45, 7) is -1.85. The molecule has 14 heteroatoms. The van der Waals surface area contributed by atoms with Gasteiger partial charge in [0.1, 0.15) is 23.2 Å². The molecule has 0 bridgehead atoms. The maximum Gasteiger partial charge on any atom is 0.387 e. The van der Waals surface area contributed by atoms with Crippen molar-refractivity contribution < 1.29 is 35.9 Å². The number of benzene rings is 1. The van der Waals surface area contributed by atoms with E-state index in [2.05, 4.69) is 20.1 Å². The lowest BCUT2D eigenvalue weighted by atomic mass is 10.3. The fraction of sp³-hybridized carbons (Fsp3) is 0.312. The number of fused-ring (bicyclic) bond motifs is 1. The second-order valence-electron chi connectivity index (χ2n) is 5.82. The van der Waals surface area contributed by atoms with Crippen LogP contribution in [0.3, 0.4) is 0 Å². The van der Waals surface area contributed by atoms with Crippen LogP contribution in [0.2, 0.25) is 5.02 Å². The number of nitrogens with zero attached hydrogens (tertiary/aromatic N) is 3. The number of hydrogen-bond acceptors (Lipinski definition) is 5. The van der Waals surface area contributed by atoms with E-state index in [1.807, 2.05) is 0 Å². The zero-order valence-electron chi connectivity index (χ0n) is 14.8. The molecule has 6 nitrogen and oxygen atoms in total. The van der Waals surface area contributed by atoms with Crippen molar-refractivity contribution >= 4 is 44.2 Å². The van der Waals surface area contributed by atoms with Gasteiger partial charge in [-0.15, -0.1) is 0 Å². The molecule has 0 aliphatic rings. The van der Waals surface area contributed by atoms with Crippen molar-refractivity contribution in [3.8, 4) is 5.75 Å². The number of carbonyl (C=O) groups excluding carboxylic acids is 1. The minimum Gasteiger partial charge on any atom is -0.435 e. The smallest absolute Gasteiger partial charge is 0.387 e. The van der Waals surface area contributed by atoms with Crippen LogP contribution < -0.4 is 10.1 Å². The van der Waals surface area contributed by atoms with E-state index in [1.54, 1.807) is 0 Å². The second-order valence-corrected chi connectivity index (χ2v) is 7.23. The number of amides is 1. The first-order valence-corrected chi connectivity index (χ1v) is 9.28. The zero-order chi connectivity index (χ0) is 22.2. The van der Waals surface area contributed by atoms with Gasteiger partial charge in [0.25, 0.3) is 18.8 Å². The highest BCUT2D eigenvalue weighted by atomic mass is 35.5. The van der Waals surface area contributed by atoms with Crippen LogP contribution in [0.15, 0.2) is 18.2 Å². The van der Waals surface area contributed by atoms with E-state index in [-0.39, 0.29) is 10.9 Å². The molecule has 1 atom stereocenters. The first kappa shape index (κ1) is 22.2. The lowest BCUT2D eigenvalue weighted by Crippen LogP contribution is -2.26. The Balaban J connectivity index is 1.84. The maximum atomic E-state index is 13.3. The van der Waals surface area contributed by atoms with Crippen LogP contribution in [0.4, 0.5) is 31.5 Å². The molecule has 3 rings (SSSR count). The molecule has 30 heavy (non-hydrogen) atoms. The number of aromatic nitrogens is 3. The van der Waals surface area contributed by atoms with Gasteiger partial charge in [0.05, 0.1) is 15.2 Å². The van der Waals surface area contributed by atoms with Gasteiger partial charge in [0.2, 0.25) is 0 Å². The third-order valence-electron chi connectivity index (χ3n) is 3.89. The largest absolute Gasteiger partial charge is 0.435 e. The molecular weight excluding hydrogens is 462 g/mol. The Kier molecular flexibility index (Phi) is 6.41. The molecule has 0 aliphatic carbocycles. The molecule has 1 N–H and O–H groups in total. The molecule has 0 saturated heterocycles. The summed E-state index contributed by atoms with van der Waals surface area (Å²) < 4.78 is 82.2. The van der Waals surface area contributed by atoms with Crippen LogP contribution in [0, 0.1) is 0 Å². The molecule has 2 heterocycles. The van der Waals surface area contributed by atoms with E-state index in [4.69, 9.17) is 11.6 Å². The fourth-order valence-electron chi connectivity index (χ4n) is 2.53. The van der Waals surface area contributed by atoms with Gasteiger partial charge >= 0.3 is 6.61 Å². The molecular formula is C16H11ClF6N4O2S. The summed E-state index contributed by atoms with van der Waals surface area (Å²) in [6, 6.07) is 2.51. The molecule has 0 aliphatic heterocycles. The van der Waals surface area contributed by atoms with Gasteiger partial charge in [-0.1, -0.05) is 22.9 Å². The van der Waals surface area contributed by atoms with E-state index in [0.717, 1.165) is 11.3 Å². The van der Waals surface area contributed by atoms with Crippen molar-refractivity contribution in [3.05, 3.63) is 34.6 Å². The average Bonchev–Trinajstić information content (AvgIpc) is 3.20. The van der Waals surface area contributed by atoms with Gasteiger partial charge in [0, 0.05) is 0 Å². The number of alkyl halides is 6. The van der Waals surface area contributed by atoms with Crippen LogP contribution in [-0.2, 0) is 4.79 Å². The van der Waals surface area contributed by atoms with E-state index in [9.17, 15) is 31.1 Å². The van der Waals surface area contributed by atoms with Crippen molar-refractivity contribution in [2.75, 3.05) is 5.32 Å². The number of hydrogen-bond donors (Lipinski definition) is 1. The van der Waals surface area contributed by atoms with Crippen molar-refractivity contribution in [2.24, 2.45) is 0 Å². The number of halogens is 7. The number of anilines is 1. The van der Waals surface area contributed by atoms with Gasteiger partial charge in [-0.25, -0.2) is 27.2 Å². The standard InChI is InChI=1S/C16H11ClF6N4O2S/c1-5(27-11(13(20)21)9(17)10(26-27)12(18)19)14(28)25-16-24-7-3-2-6(29-15(22)23)4-8(7)30-16/h2-5,12-13,15H,1H3,(H,24,25,28). The molecule has 0 saturated carbocycles. The van der Waals surface area contributed by atoms with E-state index in [0.29, 0.717) is 14.9 Å². The minimum absolute atomic E-state index is 0.0296. The highest BCUT2D eigenvalue weighted by Gasteiger charge is 2.32. The van der Waals surface area contributed by atoms with Gasteiger partial charge in [-0.2, -0.15) is 13.9 Å². The number of rotatable bonds is 7. The Morgan fingerprint density at radius 3 is 2.50 bits per heavy atom. The van der Waals surface area contributed by atoms with Crippen LogP contribution >= 0.6 is 22.9 Å². The van der Waals surface area contributed by atoms with E-state index >= 15 is 0 Å². The van der Waals surface area contributed by atoms with Crippen LogP contribution in [0.5, 0.6) is 5.75 Å². The Morgan fingerprint density at radius 2 is 1.90 bits per heavy atom. The highest BCUT2D eigenvalue weighted by Crippen LogP contribution is 2.36. The summed E-state index contributed by atoms with van der Waals surface area (Å²) in [6.07, 6.45) is -6.45. The molecule has 0 spiro atoms.